The van der Waals surface area contributed by atoms with Gasteiger partial charge in [-0.05, 0) is 110 Å². The zero-order valence-electron chi connectivity index (χ0n) is 27.3. The van der Waals surface area contributed by atoms with Gasteiger partial charge in [0.15, 0.2) is 0 Å². The molecule has 0 radical (unpaired) electrons. The van der Waals surface area contributed by atoms with E-state index in [1.54, 1.807) is 0 Å². The first kappa shape index (κ1) is 31.8. The molecule has 6 aromatic carbocycles. The minimum Gasteiger partial charge on any atom is -0.463 e. The molecule has 2 heteroatoms. The maximum atomic E-state index is 11.3. The number of hydrogen-bond acceptors (Lipinski definition) is 2. The van der Waals surface area contributed by atoms with Crippen LogP contribution in [0.3, 0.4) is 0 Å². The van der Waals surface area contributed by atoms with Crippen molar-refractivity contribution in [2.45, 2.75) is 45.4 Å². The molecule has 0 unspecified atom stereocenters. The van der Waals surface area contributed by atoms with Crippen molar-refractivity contribution in [1.82, 2.24) is 0 Å². The van der Waals surface area contributed by atoms with Gasteiger partial charge >= 0.3 is 5.97 Å². The quantitative estimate of drug-likeness (QED) is 0.0560. The van der Waals surface area contributed by atoms with E-state index >= 15 is 0 Å². The van der Waals surface area contributed by atoms with Crippen LogP contribution in [-0.4, -0.2) is 12.6 Å². The molecule has 0 saturated carbocycles. The van der Waals surface area contributed by atoms with Crippen molar-refractivity contribution in [2.24, 2.45) is 0 Å². The summed E-state index contributed by atoms with van der Waals surface area (Å²) < 4.78 is 5.12. The van der Waals surface area contributed by atoms with Crippen molar-refractivity contribution in [3.8, 4) is 22.3 Å². The number of allylic oxidation sites excluding steroid dienone is 1. The van der Waals surface area contributed by atoms with Crippen LogP contribution in [0, 0.1) is 0 Å². The number of hydrogen-bond donors (Lipinski definition) is 0. The van der Waals surface area contributed by atoms with Gasteiger partial charge in [-0.1, -0.05) is 141 Å². The topological polar surface area (TPSA) is 26.3 Å². The van der Waals surface area contributed by atoms with Gasteiger partial charge in [0.1, 0.15) is 0 Å². The molecule has 0 fully saturated rings. The number of unbranched alkanes of at least 4 members (excludes halogenated alkanes) is 2. The Morgan fingerprint density at radius 2 is 1.23 bits per heavy atom. The zero-order valence-corrected chi connectivity index (χ0v) is 27.3. The molecule has 0 aliphatic heterocycles. The summed E-state index contributed by atoms with van der Waals surface area (Å²) >= 11 is 0. The summed E-state index contributed by atoms with van der Waals surface area (Å²) in [6.45, 7) is 10.3. The number of aryl methyl sites for hydroxylation is 1. The summed E-state index contributed by atoms with van der Waals surface area (Å²) in [5.74, 6) is -0.350. The molecule has 0 atom stereocenters. The van der Waals surface area contributed by atoms with Crippen molar-refractivity contribution < 1.29 is 9.53 Å². The van der Waals surface area contributed by atoms with Crippen LogP contribution < -0.4 is 0 Å². The number of ether oxygens (including phenoxy) is 1. The lowest BCUT2D eigenvalue weighted by molar-refractivity contribution is -0.137. The zero-order chi connectivity index (χ0) is 32.6. The molecule has 47 heavy (non-hydrogen) atoms. The standard InChI is InChI=1S/C45H42O2/c1-4-32(3)36-24-26-38(27-25-36)44-39-17-11-12-18-40(39)45(42-31-35(21-28-41(42)44)30-34-15-8-6-9-16-34)37-22-19-33(20-23-37)14-10-7-13-29-47-43(46)5-2/h5-6,8-9,11-12,15-28,31H,2-4,7,10,13-14,29-30H2,1H3. The largest absolute Gasteiger partial charge is 0.463 e. The van der Waals surface area contributed by atoms with E-state index in [2.05, 4.69) is 141 Å². The Morgan fingerprint density at radius 3 is 1.89 bits per heavy atom. The third-order valence-electron chi connectivity index (χ3n) is 9.11. The predicted molar refractivity (Wildman–Crippen MR) is 200 cm³/mol. The molecule has 0 saturated heterocycles. The number of benzene rings is 6. The molecule has 0 spiro atoms. The lowest BCUT2D eigenvalue weighted by atomic mass is 9.84. The molecule has 2 nitrogen and oxygen atoms in total. The normalized spacial score (nSPS) is 11.1. The van der Waals surface area contributed by atoms with Gasteiger partial charge in [0.2, 0.25) is 0 Å². The summed E-state index contributed by atoms with van der Waals surface area (Å²) in [5, 5.41) is 5.06. The molecule has 0 N–H and O–H groups in total. The molecule has 0 amide bonds. The highest BCUT2D eigenvalue weighted by Gasteiger charge is 2.17. The van der Waals surface area contributed by atoms with Gasteiger partial charge in [-0.25, -0.2) is 4.79 Å². The van der Waals surface area contributed by atoms with Crippen molar-refractivity contribution in [3.05, 3.63) is 163 Å². The molecular weight excluding hydrogens is 572 g/mol. The van der Waals surface area contributed by atoms with E-state index in [1.807, 2.05) is 0 Å². The first-order chi connectivity index (χ1) is 23.1. The second-order valence-corrected chi connectivity index (χ2v) is 12.3. The Hall–Kier alpha value is -5.21. The van der Waals surface area contributed by atoms with Crippen LogP contribution >= 0.6 is 0 Å². The molecule has 0 heterocycles. The Kier molecular flexibility index (Phi) is 10.1. The van der Waals surface area contributed by atoms with Gasteiger partial charge in [-0.15, -0.1) is 0 Å². The van der Waals surface area contributed by atoms with Crippen molar-refractivity contribution in [3.63, 3.8) is 0 Å². The molecule has 0 bridgehead atoms. The Morgan fingerprint density at radius 1 is 0.638 bits per heavy atom. The molecule has 6 rings (SSSR count). The lowest BCUT2D eigenvalue weighted by Gasteiger charge is -2.19. The highest BCUT2D eigenvalue weighted by molar-refractivity contribution is 6.21. The summed E-state index contributed by atoms with van der Waals surface area (Å²) in [5.41, 5.74) is 11.3. The molecule has 234 valence electrons. The highest BCUT2D eigenvalue weighted by atomic mass is 16.5. The minimum atomic E-state index is -0.350. The van der Waals surface area contributed by atoms with Crippen LogP contribution in [0.1, 0.15) is 54.9 Å². The fourth-order valence-electron chi connectivity index (χ4n) is 6.54. The fraction of sp³-hybridized carbons (Fsp3) is 0.178. The van der Waals surface area contributed by atoms with Crippen LogP contribution in [0.4, 0.5) is 0 Å². The van der Waals surface area contributed by atoms with E-state index in [9.17, 15) is 4.79 Å². The van der Waals surface area contributed by atoms with E-state index in [0.717, 1.165) is 44.1 Å². The van der Waals surface area contributed by atoms with E-state index in [1.165, 1.54) is 72.1 Å². The fourth-order valence-corrected chi connectivity index (χ4v) is 6.54. The third kappa shape index (κ3) is 7.28. The van der Waals surface area contributed by atoms with Gasteiger partial charge < -0.3 is 4.74 Å². The summed E-state index contributed by atoms with van der Waals surface area (Å²) in [4.78, 5) is 11.3. The van der Waals surface area contributed by atoms with Gasteiger partial charge in [0.25, 0.3) is 0 Å². The molecule has 6 aromatic rings. The second-order valence-electron chi connectivity index (χ2n) is 12.3. The van der Waals surface area contributed by atoms with Gasteiger partial charge in [0, 0.05) is 6.08 Å². The SMILES string of the molecule is C=CC(=O)OCCCCCc1ccc(-c2c3ccccc3c(-c3ccc(C(=C)CC)cc3)c3ccc(Cc4ccccc4)cc23)cc1. The number of rotatable bonds is 13. The monoisotopic (exact) mass is 614 g/mol. The molecule has 0 aliphatic carbocycles. The third-order valence-corrected chi connectivity index (χ3v) is 9.11. The van der Waals surface area contributed by atoms with Crippen molar-refractivity contribution in [1.29, 1.82) is 0 Å². The van der Waals surface area contributed by atoms with Gasteiger partial charge in [0.05, 0.1) is 6.61 Å². The minimum absolute atomic E-state index is 0.350. The first-order valence-corrected chi connectivity index (χ1v) is 16.7. The van der Waals surface area contributed by atoms with E-state index in [-0.39, 0.29) is 5.97 Å². The Balaban J connectivity index is 1.41. The average molecular weight is 615 g/mol. The average Bonchev–Trinajstić information content (AvgIpc) is 3.12. The Labute approximate surface area is 279 Å². The van der Waals surface area contributed by atoms with Crippen LogP contribution in [0.25, 0.3) is 49.4 Å². The van der Waals surface area contributed by atoms with Crippen LogP contribution in [0.2, 0.25) is 0 Å². The van der Waals surface area contributed by atoms with E-state index in [4.69, 9.17) is 4.74 Å². The number of carbonyl (C=O) groups is 1. The molecular formula is C45H42O2. The maximum absolute atomic E-state index is 11.3. The number of esters is 1. The predicted octanol–water partition coefficient (Wildman–Crippen LogP) is 11.8. The molecule has 0 aliphatic rings. The number of fused-ring (bicyclic) bond motifs is 2. The lowest BCUT2D eigenvalue weighted by Crippen LogP contribution is -2.01. The van der Waals surface area contributed by atoms with Gasteiger partial charge in [-0.3, -0.25) is 0 Å². The second kappa shape index (κ2) is 14.9. The highest BCUT2D eigenvalue weighted by Crippen LogP contribution is 2.44. The smallest absolute Gasteiger partial charge is 0.330 e. The molecule has 0 aromatic heterocycles. The number of carbonyl (C=O) groups excluding carboxylic acids is 1. The van der Waals surface area contributed by atoms with E-state index < -0.39 is 0 Å². The summed E-state index contributed by atoms with van der Waals surface area (Å²) in [6.07, 6.45) is 6.97. The Bertz CT molecular complexity index is 2020. The van der Waals surface area contributed by atoms with Crippen LogP contribution in [0.15, 0.2) is 141 Å². The first-order valence-electron chi connectivity index (χ1n) is 16.7. The summed E-state index contributed by atoms with van der Waals surface area (Å²) in [7, 11) is 0. The maximum Gasteiger partial charge on any atom is 0.330 e. The van der Waals surface area contributed by atoms with Gasteiger partial charge in [-0.2, -0.15) is 0 Å². The van der Waals surface area contributed by atoms with Crippen LogP contribution in [-0.2, 0) is 22.4 Å². The summed E-state index contributed by atoms with van der Waals surface area (Å²) in [6, 6.07) is 44.7. The van der Waals surface area contributed by atoms with Crippen LogP contribution in [0.5, 0.6) is 0 Å². The van der Waals surface area contributed by atoms with Crippen molar-refractivity contribution in [2.75, 3.05) is 6.61 Å². The van der Waals surface area contributed by atoms with Crippen molar-refractivity contribution >= 4 is 33.1 Å². The van der Waals surface area contributed by atoms with E-state index in [0.29, 0.717) is 6.61 Å².